The molecule has 0 fully saturated rings. The molecule has 0 aliphatic rings. The van der Waals surface area contributed by atoms with Crippen molar-refractivity contribution in [2.75, 3.05) is 6.61 Å². The second-order valence-electron chi connectivity index (χ2n) is 0.513. The minimum Gasteiger partial charge on any atom is -1.00 e. The van der Waals surface area contributed by atoms with Crippen LogP contribution in [0.15, 0.2) is 0 Å². The molecule has 0 aliphatic carbocycles. The predicted octanol–water partition coefficient (Wildman–Crippen LogP) is -4.32. The first-order valence-corrected chi connectivity index (χ1v) is 1.44. The van der Waals surface area contributed by atoms with Gasteiger partial charge in [0.05, 0.1) is 0 Å². The van der Waals surface area contributed by atoms with E-state index in [1.165, 1.54) is 0 Å². The fourth-order valence-corrected chi connectivity index (χ4v) is 0. The Hall–Kier alpha value is 1.45. The molecular formula is C2H7AlClNaO2. The minimum atomic E-state index is -0.718. The molecule has 38 valence electrons. The van der Waals surface area contributed by atoms with Gasteiger partial charge in [-0.05, 0) is 11.6 Å². The monoisotopic (exact) mass is 148 g/mol. The molecule has 0 bridgehead atoms. The first kappa shape index (κ1) is 15.8. The van der Waals surface area contributed by atoms with E-state index in [0.29, 0.717) is 0 Å². The number of carbonyl (C=O) groups excluding carboxylic acids is 1. The standard InChI is InChI=1S/C2H3ClO2.Al.Na.4H/c3-2(5)1-4;;;;;;/h4H,1H2;;;;;;/q;;+1;;;;-1. The van der Waals surface area contributed by atoms with Gasteiger partial charge in [0.1, 0.15) is 6.61 Å². The molecule has 2 nitrogen and oxygen atoms in total. The third-order valence-corrected chi connectivity index (χ3v) is 0.244. The third-order valence-electron chi connectivity index (χ3n) is 0.124. The molecule has 0 unspecified atom stereocenters. The maximum atomic E-state index is 9.33. The normalized spacial score (nSPS) is 5.43. The van der Waals surface area contributed by atoms with Crippen LogP contribution in [0.4, 0.5) is 0 Å². The topological polar surface area (TPSA) is 37.3 Å². The van der Waals surface area contributed by atoms with Gasteiger partial charge in [0.25, 0.3) is 0 Å². The number of carbonyl (C=O) groups is 1. The molecule has 0 rings (SSSR count). The van der Waals surface area contributed by atoms with Crippen LogP contribution in [-0.4, -0.2) is 34.3 Å². The Morgan fingerprint density at radius 2 is 2.00 bits per heavy atom. The summed E-state index contributed by atoms with van der Waals surface area (Å²) in [6.07, 6.45) is 0. The number of halogens is 1. The second kappa shape index (κ2) is 10.4. The zero-order chi connectivity index (χ0) is 4.28. The smallest absolute Gasteiger partial charge is 1.00 e. The molecule has 0 amide bonds. The molecule has 1 N–H and O–H groups in total. The van der Waals surface area contributed by atoms with Gasteiger partial charge < -0.3 is 6.53 Å². The van der Waals surface area contributed by atoms with Crippen molar-refractivity contribution in [3.8, 4) is 0 Å². The number of hydrogen-bond donors (Lipinski definition) is 1. The maximum Gasteiger partial charge on any atom is 1.00 e. The van der Waals surface area contributed by atoms with E-state index in [0.717, 1.165) is 0 Å². The second-order valence-corrected chi connectivity index (χ2v) is 0.935. The fourth-order valence-electron chi connectivity index (χ4n) is 0. The molecule has 0 atom stereocenters. The van der Waals surface area contributed by atoms with Crippen LogP contribution >= 0.6 is 11.6 Å². The van der Waals surface area contributed by atoms with Crippen LogP contribution in [0.3, 0.4) is 0 Å². The van der Waals surface area contributed by atoms with E-state index in [4.69, 9.17) is 5.11 Å². The summed E-state index contributed by atoms with van der Waals surface area (Å²) in [6.45, 7) is -0.568. The summed E-state index contributed by atoms with van der Waals surface area (Å²) in [5.74, 6) is 0. The molecule has 0 heterocycles. The van der Waals surface area contributed by atoms with Crippen molar-refractivity contribution in [1.29, 1.82) is 0 Å². The molecular weight excluding hydrogens is 141 g/mol. The Bertz CT molecular complexity index is 55.3. The van der Waals surface area contributed by atoms with Crippen molar-refractivity contribution in [3.63, 3.8) is 0 Å². The summed E-state index contributed by atoms with van der Waals surface area (Å²) in [7, 11) is 0. The minimum absolute atomic E-state index is 0. The van der Waals surface area contributed by atoms with Gasteiger partial charge >= 0.3 is 29.6 Å². The molecule has 0 aromatic rings. The fraction of sp³-hybridized carbons (Fsp3) is 0.500. The maximum absolute atomic E-state index is 9.33. The van der Waals surface area contributed by atoms with Crippen LogP contribution in [0.2, 0.25) is 0 Å². The average Bonchev–Trinajstić information content (AvgIpc) is 1.38. The molecule has 0 saturated carbocycles. The number of aliphatic hydroxyl groups is 1. The van der Waals surface area contributed by atoms with Gasteiger partial charge in [-0.1, -0.05) is 0 Å². The average molecular weight is 149 g/mol. The van der Waals surface area contributed by atoms with Crippen molar-refractivity contribution in [2.45, 2.75) is 0 Å². The summed E-state index contributed by atoms with van der Waals surface area (Å²) in [4.78, 5) is 9.33. The molecule has 0 aliphatic heterocycles. The van der Waals surface area contributed by atoms with Gasteiger partial charge in [-0.25, -0.2) is 0 Å². The summed E-state index contributed by atoms with van der Waals surface area (Å²) in [6, 6.07) is 0. The van der Waals surface area contributed by atoms with Gasteiger partial charge in [0, 0.05) is 0 Å². The van der Waals surface area contributed by atoms with Crippen molar-refractivity contribution >= 4 is 34.2 Å². The molecule has 0 saturated heterocycles. The van der Waals surface area contributed by atoms with E-state index in [2.05, 4.69) is 11.6 Å². The summed E-state index contributed by atoms with van der Waals surface area (Å²) < 4.78 is 0. The van der Waals surface area contributed by atoms with Crippen molar-refractivity contribution in [2.24, 2.45) is 0 Å². The Kier molecular flexibility index (Phi) is 23.5. The summed E-state index contributed by atoms with van der Waals surface area (Å²) in [5, 5.41) is 6.94. The van der Waals surface area contributed by atoms with Crippen molar-refractivity contribution < 1.29 is 40.9 Å². The number of hydrogen-bond acceptors (Lipinski definition) is 2. The molecule has 5 heteroatoms. The molecule has 0 spiro atoms. The molecule has 7 heavy (non-hydrogen) atoms. The van der Waals surface area contributed by atoms with Crippen molar-refractivity contribution in [1.82, 2.24) is 0 Å². The van der Waals surface area contributed by atoms with Gasteiger partial charge in [-0.3, -0.25) is 4.79 Å². The first-order chi connectivity index (χ1) is 2.27. The Morgan fingerprint density at radius 3 is 2.00 bits per heavy atom. The molecule has 0 aromatic carbocycles. The Labute approximate surface area is 81.1 Å². The van der Waals surface area contributed by atoms with Crippen LogP contribution in [0.1, 0.15) is 1.43 Å². The number of aliphatic hydroxyl groups excluding tert-OH is 1. The van der Waals surface area contributed by atoms with E-state index in [9.17, 15) is 4.79 Å². The van der Waals surface area contributed by atoms with E-state index in [-0.39, 0.29) is 48.3 Å². The van der Waals surface area contributed by atoms with Crippen molar-refractivity contribution in [3.05, 3.63) is 0 Å². The van der Waals surface area contributed by atoms with E-state index in [1.807, 2.05) is 0 Å². The zero-order valence-electron chi connectivity index (χ0n) is 4.44. The van der Waals surface area contributed by atoms with E-state index < -0.39 is 11.8 Å². The van der Waals surface area contributed by atoms with Gasteiger partial charge in [-0.2, -0.15) is 0 Å². The SMILES string of the molecule is O=C(Cl)CO.[AlH3].[H-].[Na+]. The molecule has 0 aromatic heterocycles. The first-order valence-electron chi connectivity index (χ1n) is 1.06. The Morgan fingerprint density at radius 1 is 1.86 bits per heavy atom. The van der Waals surface area contributed by atoms with Crippen LogP contribution in [0, 0.1) is 0 Å². The van der Waals surface area contributed by atoms with Crippen LogP contribution in [-0.2, 0) is 4.79 Å². The zero-order valence-corrected chi connectivity index (χ0v) is 6.20. The van der Waals surface area contributed by atoms with Crippen LogP contribution in [0.5, 0.6) is 0 Å². The number of rotatable bonds is 1. The van der Waals surface area contributed by atoms with Gasteiger partial charge in [-0.15, -0.1) is 0 Å². The van der Waals surface area contributed by atoms with Gasteiger partial charge in [0.15, 0.2) is 17.4 Å². The van der Waals surface area contributed by atoms with Crippen LogP contribution in [0.25, 0.3) is 0 Å². The summed E-state index contributed by atoms with van der Waals surface area (Å²) in [5.41, 5.74) is 0. The third kappa shape index (κ3) is 18.6. The Balaban J connectivity index is -0.0000000267. The quantitative estimate of drug-likeness (QED) is 0.302. The van der Waals surface area contributed by atoms with E-state index in [1.54, 1.807) is 0 Å². The summed E-state index contributed by atoms with van der Waals surface area (Å²) >= 11 is 4.57. The van der Waals surface area contributed by atoms with E-state index >= 15 is 0 Å². The van der Waals surface area contributed by atoms with Gasteiger partial charge in [0.2, 0.25) is 5.24 Å². The largest absolute Gasteiger partial charge is 1.00 e. The van der Waals surface area contributed by atoms with Crippen LogP contribution < -0.4 is 29.6 Å². The predicted molar refractivity (Wildman–Crippen MR) is 29.0 cm³/mol. The molecule has 0 radical (unpaired) electrons.